The van der Waals surface area contributed by atoms with Crippen LogP contribution < -0.4 is 10.2 Å². The summed E-state index contributed by atoms with van der Waals surface area (Å²) in [6.45, 7) is 2.79. The monoisotopic (exact) mass is 372 g/mol. The van der Waals surface area contributed by atoms with Crippen molar-refractivity contribution < 1.29 is 4.79 Å². The molecule has 4 rings (SSSR count). The highest BCUT2D eigenvalue weighted by Gasteiger charge is 2.28. The van der Waals surface area contributed by atoms with Crippen LogP contribution in [-0.4, -0.2) is 28.7 Å². The van der Waals surface area contributed by atoms with Gasteiger partial charge in [-0.3, -0.25) is 4.79 Å². The number of nitrogens with zero attached hydrogens (tertiary/aromatic N) is 3. The third kappa shape index (κ3) is 3.88. The molecule has 1 unspecified atom stereocenters. The molecule has 2 heterocycles. The predicted octanol–water partition coefficient (Wildman–Crippen LogP) is 3.92. The fourth-order valence-electron chi connectivity index (χ4n) is 3.72. The lowest BCUT2D eigenvalue weighted by Gasteiger charge is -2.23. The molecule has 1 amide bonds. The molecule has 28 heavy (non-hydrogen) atoms. The second-order valence-electron chi connectivity index (χ2n) is 7.17. The van der Waals surface area contributed by atoms with Crippen LogP contribution in [0.5, 0.6) is 0 Å². The molecule has 1 atom stereocenters. The van der Waals surface area contributed by atoms with Crippen LogP contribution in [-0.2, 0) is 12.8 Å². The van der Waals surface area contributed by atoms with Crippen molar-refractivity contribution in [2.75, 3.05) is 11.4 Å². The zero-order valence-electron chi connectivity index (χ0n) is 16.0. The van der Waals surface area contributed by atoms with Gasteiger partial charge < -0.3 is 10.2 Å². The van der Waals surface area contributed by atoms with Crippen molar-refractivity contribution in [2.24, 2.45) is 0 Å². The van der Waals surface area contributed by atoms with Crippen molar-refractivity contribution in [3.8, 4) is 0 Å². The second kappa shape index (κ2) is 8.21. The molecule has 0 bridgehead atoms. The molecule has 142 valence electrons. The average molecular weight is 372 g/mol. The number of hydrogen-bond acceptors (Lipinski definition) is 4. The molecule has 0 fully saturated rings. The van der Waals surface area contributed by atoms with E-state index >= 15 is 0 Å². The van der Waals surface area contributed by atoms with Gasteiger partial charge in [0.1, 0.15) is 0 Å². The summed E-state index contributed by atoms with van der Waals surface area (Å²) in [5, 5.41) is 11.4. The highest BCUT2D eigenvalue weighted by molar-refractivity contribution is 5.92. The van der Waals surface area contributed by atoms with E-state index in [1.165, 1.54) is 16.8 Å². The zero-order chi connectivity index (χ0) is 19.3. The van der Waals surface area contributed by atoms with Crippen molar-refractivity contribution in [3.63, 3.8) is 0 Å². The van der Waals surface area contributed by atoms with E-state index in [0.717, 1.165) is 25.1 Å². The third-order valence-electron chi connectivity index (χ3n) is 5.11. The number of carbonyl (C=O) groups excluding carboxylic acids is 1. The number of anilines is 2. The number of para-hydroxylation sites is 1. The van der Waals surface area contributed by atoms with E-state index in [0.29, 0.717) is 18.3 Å². The lowest BCUT2D eigenvalue weighted by Crippen LogP contribution is -2.28. The Kier molecular flexibility index (Phi) is 5.33. The number of amides is 1. The molecule has 5 nitrogen and oxygen atoms in total. The Morgan fingerprint density at radius 1 is 1.04 bits per heavy atom. The fourth-order valence-corrected chi connectivity index (χ4v) is 3.72. The SMILES string of the molecule is CC1Cc2ccccc2N1c1ccc(C(=O)NCCCc2ccccc2)nn1. The van der Waals surface area contributed by atoms with Gasteiger partial charge in [-0.05, 0) is 55.5 Å². The molecule has 0 radical (unpaired) electrons. The maximum absolute atomic E-state index is 12.3. The van der Waals surface area contributed by atoms with Gasteiger partial charge in [-0.2, -0.15) is 0 Å². The van der Waals surface area contributed by atoms with Crippen molar-refractivity contribution in [2.45, 2.75) is 32.2 Å². The number of fused-ring (bicyclic) bond motifs is 1. The van der Waals surface area contributed by atoms with E-state index in [-0.39, 0.29) is 5.91 Å². The van der Waals surface area contributed by atoms with Crippen LogP contribution in [0.1, 0.15) is 35.0 Å². The summed E-state index contributed by atoms with van der Waals surface area (Å²) in [6.07, 6.45) is 2.82. The molecule has 1 N–H and O–H groups in total. The van der Waals surface area contributed by atoms with Crippen molar-refractivity contribution >= 4 is 17.4 Å². The number of carbonyl (C=O) groups is 1. The number of hydrogen-bond donors (Lipinski definition) is 1. The molecule has 3 aromatic rings. The zero-order valence-corrected chi connectivity index (χ0v) is 16.0. The van der Waals surface area contributed by atoms with E-state index in [4.69, 9.17) is 0 Å². The molecule has 0 aliphatic carbocycles. The molecule has 1 aromatic heterocycles. The maximum atomic E-state index is 12.3. The number of aromatic nitrogens is 2. The molecule has 1 aliphatic heterocycles. The first-order valence-electron chi connectivity index (χ1n) is 9.75. The number of rotatable bonds is 6. The molecule has 1 aliphatic rings. The van der Waals surface area contributed by atoms with Gasteiger partial charge >= 0.3 is 0 Å². The Morgan fingerprint density at radius 3 is 2.61 bits per heavy atom. The normalized spacial score (nSPS) is 15.3. The van der Waals surface area contributed by atoms with E-state index in [2.05, 4.69) is 57.7 Å². The Morgan fingerprint density at radius 2 is 1.82 bits per heavy atom. The lowest BCUT2D eigenvalue weighted by molar-refractivity contribution is 0.0947. The average Bonchev–Trinajstić information content (AvgIpc) is 3.07. The number of aryl methyl sites for hydroxylation is 1. The topological polar surface area (TPSA) is 58.1 Å². The Hall–Kier alpha value is -3.21. The second-order valence-corrected chi connectivity index (χ2v) is 7.17. The summed E-state index contributed by atoms with van der Waals surface area (Å²) >= 11 is 0. The largest absolute Gasteiger partial charge is 0.351 e. The van der Waals surface area contributed by atoms with E-state index in [9.17, 15) is 4.79 Å². The Labute approximate surface area is 165 Å². The summed E-state index contributed by atoms with van der Waals surface area (Å²) in [7, 11) is 0. The minimum atomic E-state index is -0.179. The lowest BCUT2D eigenvalue weighted by atomic mass is 10.1. The van der Waals surface area contributed by atoms with Gasteiger partial charge in [0, 0.05) is 18.3 Å². The minimum Gasteiger partial charge on any atom is -0.351 e. The maximum Gasteiger partial charge on any atom is 0.271 e. The first-order chi connectivity index (χ1) is 13.7. The first kappa shape index (κ1) is 18.2. The Balaban J connectivity index is 1.35. The number of nitrogens with one attached hydrogen (secondary N) is 1. The summed E-state index contributed by atoms with van der Waals surface area (Å²) in [6, 6.07) is 22.6. The highest BCUT2D eigenvalue weighted by atomic mass is 16.1. The fraction of sp³-hybridized carbons (Fsp3) is 0.261. The van der Waals surface area contributed by atoms with Gasteiger partial charge in [-0.15, -0.1) is 10.2 Å². The molecule has 5 heteroatoms. The quantitative estimate of drug-likeness (QED) is 0.666. The summed E-state index contributed by atoms with van der Waals surface area (Å²) in [4.78, 5) is 14.5. The minimum absolute atomic E-state index is 0.179. The summed E-state index contributed by atoms with van der Waals surface area (Å²) in [5.74, 6) is 0.597. The van der Waals surface area contributed by atoms with E-state index in [1.807, 2.05) is 30.3 Å². The summed E-state index contributed by atoms with van der Waals surface area (Å²) < 4.78 is 0. The van der Waals surface area contributed by atoms with Gasteiger partial charge in [-0.25, -0.2) is 0 Å². The van der Waals surface area contributed by atoms with Crippen LogP contribution in [0, 0.1) is 0 Å². The Bertz CT molecular complexity index is 940. The van der Waals surface area contributed by atoms with Crippen molar-refractivity contribution in [3.05, 3.63) is 83.6 Å². The van der Waals surface area contributed by atoms with Gasteiger partial charge in [-0.1, -0.05) is 48.5 Å². The van der Waals surface area contributed by atoms with Gasteiger partial charge in [0.25, 0.3) is 5.91 Å². The molecule has 0 saturated heterocycles. The molecule has 0 spiro atoms. The predicted molar refractivity (Wildman–Crippen MR) is 111 cm³/mol. The highest BCUT2D eigenvalue weighted by Crippen LogP contribution is 2.36. The third-order valence-corrected chi connectivity index (χ3v) is 5.11. The van der Waals surface area contributed by atoms with Crippen LogP contribution >= 0.6 is 0 Å². The van der Waals surface area contributed by atoms with Crippen LogP contribution in [0.4, 0.5) is 11.5 Å². The van der Waals surface area contributed by atoms with Crippen LogP contribution in [0.3, 0.4) is 0 Å². The van der Waals surface area contributed by atoms with Gasteiger partial charge in [0.05, 0.1) is 0 Å². The smallest absolute Gasteiger partial charge is 0.271 e. The van der Waals surface area contributed by atoms with E-state index < -0.39 is 0 Å². The van der Waals surface area contributed by atoms with E-state index in [1.54, 1.807) is 6.07 Å². The van der Waals surface area contributed by atoms with Crippen LogP contribution in [0.25, 0.3) is 0 Å². The number of benzene rings is 2. The van der Waals surface area contributed by atoms with Crippen LogP contribution in [0.2, 0.25) is 0 Å². The van der Waals surface area contributed by atoms with Crippen LogP contribution in [0.15, 0.2) is 66.7 Å². The van der Waals surface area contributed by atoms with Crippen molar-refractivity contribution in [1.29, 1.82) is 0 Å². The molecular weight excluding hydrogens is 348 g/mol. The van der Waals surface area contributed by atoms with Gasteiger partial charge in [0.2, 0.25) is 0 Å². The molecular formula is C23H24N4O. The summed E-state index contributed by atoms with van der Waals surface area (Å²) in [5.41, 5.74) is 4.11. The molecule has 0 saturated carbocycles. The molecule has 2 aromatic carbocycles. The van der Waals surface area contributed by atoms with Crippen molar-refractivity contribution in [1.82, 2.24) is 15.5 Å². The first-order valence-corrected chi connectivity index (χ1v) is 9.75. The standard InChI is InChI=1S/C23H24N4O/c1-17-16-19-11-5-6-12-21(19)27(17)22-14-13-20(25-26-22)23(28)24-15-7-10-18-8-3-2-4-9-18/h2-6,8-9,11-14,17H,7,10,15-16H2,1H3,(H,24,28). The van der Waals surface area contributed by atoms with Gasteiger partial charge in [0.15, 0.2) is 11.5 Å².